The zero-order chi connectivity index (χ0) is 26.9. The normalized spacial score (nSPS) is 11.5. The first-order valence-electron chi connectivity index (χ1n) is 11.9. The highest BCUT2D eigenvalue weighted by atomic mass is 16.6. The second-order valence-electron chi connectivity index (χ2n) is 8.46. The summed E-state index contributed by atoms with van der Waals surface area (Å²) in [4.78, 5) is 39.0. The van der Waals surface area contributed by atoms with Crippen molar-refractivity contribution in [3.63, 3.8) is 0 Å². The van der Waals surface area contributed by atoms with E-state index in [1.165, 1.54) is 16.8 Å². The Bertz CT molecular complexity index is 1390. The summed E-state index contributed by atoms with van der Waals surface area (Å²) < 4.78 is 7.48. The number of nitrogens with one attached hydrogen (secondary N) is 1. The molecule has 3 N–H and O–H groups in total. The van der Waals surface area contributed by atoms with E-state index < -0.39 is 16.9 Å². The van der Waals surface area contributed by atoms with Crippen LogP contribution < -0.4 is 15.8 Å². The van der Waals surface area contributed by atoms with Gasteiger partial charge >= 0.3 is 0 Å². The zero-order valence-corrected chi connectivity index (χ0v) is 20.4. The van der Waals surface area contributed by atoms with Gasteiger partial charge in [-0.05, 0) is 36.2 Å². The predicted molar refractivity (Wildman–Crippen MR) is 139 cm³/mol. The number of aromatic nitrogens is 3. The van der Waals surface area contributed by atoms with Gasteiger partial charge in [0.2, 0.25) is 17.7 Å². The second kappa shape index (κ2) is 12.3. The molecule has 0 fully saturated rings. The van der Waals surface area contributed by atoms with Gasteiger partial charge in [0, 0.05) is 49.0 Å². The number of nitro benzene ring substituents is 1. The van der Waals surface area contributed by atoms with Gasteiger partial charge in [0.1, 0.15) is 6.04 Å². The molecule has 2 aromatic carbocycles. The van der Waals surface area contributed by atoms with Crippen LogP contribution in [0.5, 0.6) is 5.88 Å². The smallest absolute Gasteiger partial charge is 0.269 e. The van der Waals surface area contributed by atoms with Crippen LogP contribution >= 0.6 is 0 Å². The summed E-state index contributed by atoms with van der Waals surface area (Å²) in [7, 11) is 0. The van der Waals surface area contributed by atoms with Gasteiger partial charge in [-0.1, -0.05) is 30.3 Å². The first-order valence-corrected chi connectivity index (χ1v) is 11.9. The lowest BCUT2D eigenvalue weighted by Crippen LogP contribution is -2.45. The van der Waals surface area contributed by atoms with Crippen molar-refractivity contribution >= 4 is 17.5 Å². The summed E-state index contributed by atoms with van der Waals surface area (Å²) in [5, 5.41) is 18.3. The van der Waals surface area contributed by atoms with Crippen molar-refractivity contribution in [2.24, 2.45) is 5.73 Å². The number of non-ortho nitro benzene ring substituents is 1. The lowest BCUT2D eigenvalue weighted by atomic mass is 10.1. The molecule has 0 saturated heterocycles. The van der Waals surface area contributed by atoms with Crippen LogP contribution in [-0.2, 0) is 16.0 Å². The van der Waals surface area contributed by atoms with Gasteiger partial charge in [-0.2, -0.15) is 5.10 Å². The Hall–Kier alpha value is -5.06. The van der Waals surface area contributed by atoms with Crippen molar-refractivity contribution in [1.82, 2.24) is 20.1 Å². The predicted octanol–water partition coefficient (Wildman–Crippen LogP) is 3.21. The van der Waals surface area contributed by atoms with Gasteiger partial charge in [0.05, 0.1) is 22.9 Å². The average Bonchev–Trinajstić information content (AvgIpc) is 3.36. The fourth-order valence-corrected chi connectivity index (χ4v) is 3.77. The Morgan fingerprint density at radius 1 is 1.08 bits per heavy atom. The minimum Gasteiger partial charge on any atom is -0.478 e. The standard InChI is InChI=1S/C27H26N6O5/c28-27(35)24(16-19-6-2-1-3-7-19)30-25(34)9-5-15-38-26-17-23(20-8-4-14-29-18-20)31-32(26)21-10-12-22(13-11-21)33(36)37/h1-4,6-8,10-14,17-18,24H,5,9,15-16H2,(H2,28,35)(H,30,34)/t24-/m0/s1. The molecule has 38 heavy (non-hydrogen) atoms. The van der Waals surface area contributed by atoms with E-state index in [0.29, 0.717) is 30.1 Å². The number of nitro groups is 1. The van der Waals surface area contributed by atoms with E-state index in [4.69, 9.17) is 10.5 Å². The number of carbonyl (C=O) groups excluding carboxylic acids is 2. The average molecular weight is 515 g/mol. The molecule has 0 saturated carbocycles. The number of nitrogens with two attached hydrogens (primary N) is 1. The summed E-state index contributed by atoms with van der Waals surface area (Å²) in [5.74, 6) is -0.515. The highest BCUT2D eigenvalue weighted by molar-refractivity contribution is 5.86. The maximum Gasteiger partial charge on any atom is 0.269 e. The third kappa shape index (κ3) is 6.78. The second-order valence-corrected chi connectivity index (χ2v) is 8.46. The molecule has 0 aliphatic carbocycles. The molecule has 2 aromatic heterocycles. The number of primary amides is 1. The third-order valence-electron chi connectivity index (χ3n) is 5.70. The molecule has 0 aliphatic heterocycles. The van der Waals surface area contributed by atoms with E-state index in [9.17, 15) is 19.7 Å². The topological polar surface area (TPSA) is 155 Å². The van der Waals surface area contributed by atoms with Crippen molar-refractivity contribution in [2.45, 2.75) is 25.3 Å². The molecule has 11 heteroatoms. The van der Waals surface area contributed by atoms with E-state index in [0.717, 1.165) is 11.1 Å². The number of hydrogen-bond acceptors (Lipinski definition) is 7. The van der Waals surface area contributed by atoms with Gasteiger partial charge in [-0.25, -0.2) is 4.68 Å². The fraction of sp³-hybridized carbons (Fsp3) is 0.185. The van der Waals surface area contributed by atoms with E-state index in [1.807, 2.05) is 36.4 Å². The first kappa shape index (κ1) is 26.0. The Labute approximate surface area is 218 Å². The number of carbonyl (C=O) groups is 2. The number of nitrogens with zero attached hydrogens (tertiary/aromatic N) is 4. The molecule has 2 amide bonds. The molecule has 4 rings (SSSR count). The van der Waals surface area contributed by atoms with Crippen LogP contribution in [0.3, 0.4) is 0 Å². The largest absolute Gasteiger partial charge is 0.478 e. The van der Waals surface area contributed by atoms with Crippen molar-refractivity contribution in [3.8, 4) is 22.8 Å². The highest BCUT2D eigenvalue weighted by Crippen LogP contribution is 2.27. The van der Waals surface area contributed by atoms with Crippen molar-refractivity contribution in [3.05, 3.63) is 101 Å². The molecule has 0 bridgehead atoms. The number of hydrogen-bond donors (Lipinski definition) is 2. The van der Waals surface area contributed by atoms with E-state index >= 15 is 0 Å². The van der Waals surface area contributed by atoms with Gasteiger partial charge in [-0.3, -0.25) is 24.7 Å². The minimum absolute atomic E-state index is 0.0385. The van der Waals surface area contributed by atoms with Crippen LogP contribution in [0, 0.1) is 10.1 Å². The summed E-state index contributed by atoms with van der Waals surface area (Å²) in [6, 6.07) is 19.8. The van der Waals surface area contributed by atoms with Crippen LogP contribution in [-0.4, -0.2) is 44.2 Å². The molecule has 11 nitrogen and oxygen atoms in total. The Balaban J connectivity index is 1.40. The first-order chi connectivity index (χ1) is 18.4. The molecule has 0 unspecified atom stereocenters. The molecule has 0 radical (unpaired) electrons. The van der Waals surface area contributed by atoms with E-state index in [2.05, 4.69) is 15.4 Å². The van der Waals surface area contributed by atoms with Crippen LogP contribution in [0.15, 0.2) is 85.2 Å². The monoisotopic (exact) mass is 514 g/mol. The molecule has 4 aromatic rings. The zero-order valence-electron chi connectivity index (χ0n) is 20.4. The highest BCUT2D eigenvalue weighted by Gasteiger charge is 2.19. The Morgan fingerprint density at radius 3 is 2.50 bits per heavy atom. The SMILES string of the molecule is NC(=O)[C@H](Cc1ccccc1)NC(=O)CCCOc1cc(-c2cccnc2)nn1-c1ccc([N+](=O)[O-])cc1. The van der Waals surface area contributed by atoms with E-state index in [-0.39, 0.29) is 24.6 Å². The van der Waals surface area contributed by atoms with Crippen LogP contribution in [0.2, 0.25) is 0 Å². The third-order valence-corrected chi connectivity index (χ3v) is 5.70. The molecule has 1 atom stereocenters. The van der Waals surface area contributed by atoms with Crippen LogP contribution in [0.4, 0.5) is 5.69 Å². The molecule has 2 heterocycles. The minimum atomic E-state index is -0.809. The number of benzene rings is 2. The van der Waals surface area contributed by atoms with Gasteiger partial charge in [0.25, 0.3) is 5.69 Å². The Kier molecular flexibility index (Phi) is 8.39. The fourth-order valence-electron chi connectivity index (χ4n) is 3.77. The van der Waals surface area contributed by atoms with Crippen LogP contribution in [0.1, 0.15) is 18.4 Å². The van der Waals surface area contributed by atoms with Gasteiger partial charge in [0.15, 0.2) is 0 Å². The Morgan fingerprint density at radius 2 is 1.84 bits per heavy atom. The maximum absolute atomic E-state index is 12.5. The summed E-state index contributed by atoms with van der Waals surface area (Å²) >= 11 is 0. The molecule has 0 spiro atoms. The maximum atomic E-state index is 12.5. The lowest BCUT2D eigenvalue weighted by molar-refractivity contribution is -0.384. The van der Waals surface area contributed by atoms with E-state index in [1.54, 1.807) is 36.7 Å². The van der Waals surface area contributed by atoms with Crippen molar-refractivity contribution < 1.29 is 19.2 Å². The summed E-state index contributed by atoms with van der Waals surface area (Å²) in [6.45, 7) is 0.193. The molecular weight excluding hydrogens is 488 g/mol. The number of ether oxygens (including phenoxy) is 1. The molecule has 194 valence electrons. The number of amides is 2. The van der Waals surface area contributed by atoms with Gasteiger partial charge in [-0.15, -0.1) is 0 Å². The lowest BCUT2D eigenvalue weighted by Gasteiger charge is -2.15. The molecular formula is C27H26N6O5. The summed E-state index contributed by atoms with van der Waals surface area (Å²) in [5.41, 5.74) is 8.29. The van der Waals surface area contributed by atoms with Crippen molar-refractivity contribution in [2.75, 3.05) is 6.61 Å². The summed E-state index contributed by atoms with van der Waals surface area (Å²) in [6.07, 6.45) is 4.13. The quantitative estimate of drug-likeness (QED) is 0.167. The number of pyridine rings is 1. The van der Waals surface area contributed by atoms with Crippen molar-refractivity contribution in [1.29, 1.82) is 0 Å². The van der Waals surface area contributed by atoms with Crippen LogP contribution in [0.25, 0.3) is 16.9 Å². The number of rotatable bonds is 12. The van der Waals surface area contributed by atoms with Gasteiger partial charge < -0.3 is 15.8 Å². The molecule has 0 aliphatic rings.